The van der Waals surface area contributed by atoms with Crippen molar-refractivity contribution in [1.29, 1.82) is 0 Å². The van der Waals surface area contributed by atoms with Crippen molar-refractivity contribution in [3.05, 3.63) is 59.2 Å². The van der Waals surface area contributed by atoms with Gasteiger partial charge in [0.25, 0.3) is 5.91 Å². The minimum atomic E-state index is -0.573. The molecule has 5 nitrogen and oxygen atoms in total. The molecule has 7 heteroatoms. The van der Waals surface area contributed by atoms with Crippen LogP contribution in [0.1, 0.15) is 40.5 Å². The number of amides is 1. The molecule has 5 heterocycles. The number of aromatic nitrogens is 2. The minimum Gasteiger partial charge on any atom is -0.332 e. The highest BCUT2D eigenvalue weighted by atomic mass is 19.1. The molecule has 0 unspecified atom stereocenters. The van der Waals surface area contributed by atoms with Crippen LogP contribution in [0.15, 0.2) is 30.6 Å². The lowest BCUT2D eigenvalue weighted by atomic mass is 9.75. The first kappa shape index (κ1) is 17.7. The fraction of sp³-hybridized carbons (Fsp3) is 0.476. The number of carbonyl (C=O) groups is 1. The maximum absolute atomic E-state index is 13.9. The third-order valence-corrected chi connectivity index (χ3v) is 6.57. The van der Waals surface area contributed by atoms with Gasteiger partial charge in [0.15, 0.2) is 0 Å². The maximum Gasteiger partial charge on any atom is 0.274 e. The van der Waals surface area contributed by atoms with E-state index in [0.29, 0.717) is 23.7 Å². The molecule has 4 saturated heterocycles. The summed E-state index contributed by atoms with van der Waals surface area (Å²) in [6.45, 7) is 4.23. The first-order valence-corrected chi connectivity index (χ1v) is 9.81. The fourth-order valence-corrected chi connectivity index (χ4v) is 5.39. The van der Waals surface area contributed by atoms with Crippen molar-refractivity contribution >= 4 is 5.91 Å². The molecule has 1 aromatic heterocycles. The minimum absolute atomic E-state index is 0.0504. The van der Waals surface area contributed by atoms with E-state index >= 15 is 0 Å². The standard InChI is InChI=1S/C21H22F2N4O/c1-12-9-25-18(10-24-12)21(28)27-11-17(14-6-15(22)8-16(23)7-14)20-19(27)13-2-4-26(20)5-3-13/h6-10,13,17,19-20H,2-5,11H2,1H3/t17-,19+,20+/m0/s1. The molecule has 0 radical (unpaired) electrons. The molecule has 3 atom stereocenters. The Morgan fingerprint density at radius 1 is 1.04 bits per heavy atom. The molecule has 0 N–H and O–H groups in total. The van der Waals surface area contributed by atoms with Gasteiger partial charge in [-0.05, 0) is 56.5 Å². The molecular formula is C21H22F2N4O. The third kappa shape index (κ3) is 2.80. The van der Waals surface area contributed by atoms with Crippen LogP contribution in [-0.4, -0.2) is 57.4 Å². The van der Waals surface area contributed by atoms with Gasteiger partial charge in [-0.15, -0.1) is 0 Å². The summed E-state index contributed by atoms with van der Waals surface area (Å²) < 4.78 is 27.8. The van der Waals surface area contributed by atoms with Gasteiger partial charge in [0, 0.05) is 30.8 Å². The zero-order chi connectivity index (χ0) is 19.4. The maximum atomic E-state index is 13.9. The first-order valence-electron chi connectivity index (χ1n) is 9.81. The van der Waals surface area contributed by atoms with Crippen LogP contribution in [0.2, 0.25) is 0 Å². The smallest absolute Gasteiger partial charge is 0.274 e. The molecule has 0 spiro atoms. The van der Waals surface area contributed by atoms with Crippen LogP contribution < -0.4 is 0 Å². The van der Waals surface area contributed by atoms with E-state index in [1.54, 1.807) is 6.20 Å². The molecular weight excluding hydrogens is 362 g/mol. The average molecular weight is 384 g/mol. The lowest BCUT2D eigenvalue weighted by Gasteiger charge is -2.51. The molecule has 4 fully saturated rings. The lowest BCUT2D eigenvalue weighted by molar-refractivity contribution is -0.00362. The second kappa shape index (κ2) is 6.58. The molecule has 4 aliphatic heterocycles. The summed E-state index contributed by atoms with van der Waals surface area (Å²) in [7, 11) is 0. The predicted octanol–water partition coefficient (Wildman–Crippen LogP) is 2.77. The highest BCUT2D eigenvalue weighted by molar-refractivity contribution is 5.92. The van der Waals surface area contributed by atoms with Crippen molar-refractivity contribution in [3.8, 4) is 0 Å². The molecule has 28 heavy (non-hydrogen) atoms. The van der Waals surface area contributed by atoms with Crippen molar-refractivity contribution in [3.63, 3.8) is 0 Å². The van der Waals surface area contributed by atoms with Crippen molar-refractivity contribution in [2.75, 3.05) is 19.6 Å². The van der Waals surface area contributed by atoms with Crippen LogP contribution >= 0.6 is 0 Å². The Hall–Kier alpha value is -2.41. The van der Waals surface area contributed by atoms with Crippen molar-refractivity contribution in [2.24, 2.45) is 5.92 Å². The zero-order valence-corrected chi connectivity index (χ0v) is 15.7. The van der Waals surface area contributed by atoms with Crippen LogP contribution in [0.3, 0.4) is 0 Å². The number of hydrogen-bond donors (Lipinski definition) is 0. The molecule has 2 bridgehead atoms. The Balaban J connectivity index is 1.53. The number of hydrogen-bond acceptors (Lipinski definition) is 4. The van der Waals surface area contributed by atoms with Gasteiger partial charge in [0.05, 0.1) is 17.9 Å². The Labute approximate surface area is 162 Å². The Bertz CT molecular complexity index is 891. The summed E-state index contributed by atoms with van der Waals surface area (Å²) in [6, 6.07) is 3.86. The highest BCUT2D eigenvalue weighted by Crippen LogP contribution is 2.47. The van der Waals surface area contributed by atoms with Crippen LogP contribution in [0.25, 0.3) is 0 Å². The van der Waals surface area contributed by atoms with E-state index in [1.807, 2.05) is 11.8 Å². The number of fused-ring (bicyclic) bond motifs is 2. The van der Waals surface area contributed by atoms with E-state index in [4.69, 9.17) is 0 Å². The number of likely N-dealkylation sites (tertiary alicyclic amines) is 1. The van der Waals surface area contributed by atoms with Gasteiger partial charge in [-0.2, -0.15) is 0 Å². The van der Waals surface area contributed by atoms with E-state index < -0.39 is 11.6 Å². The summed E-state index contributed by atoms with van der Waals surface area (Å²) in [5, 5.41) is 0. The van der Waals surface area contributed by atoms with Crippen LogP contribution in [-0.2, 0) is 0 Å². The number of nitrogens with zero attached hydrogens (tertiary/aromatic N) is 4. The largest absolute Gasteiger partial charge is 0.332 e. The van der Waals surface area contributed by atoms with E-state index in [-0.39, 0.29) is 23.9 Å². The molecule has 0 saturated carbocycles. The van der Waals surface area contributed by atoms with Crippen LogP contribution in [0, 0.1) is 24.5 Å². The summed E-state index contributed by atoms with van der Waals surface area (Å²) in [6.07, 6.45) is 5.21. The summed E-state index contributed by atoms with van der Waals surface area (Å²) in [5.41, 5.74) is 1.71. The van der Waals surface area contributed by atoms with Gasteiger partial charge in [-0.1, -0.05) is 0 Å². The molecule has 6 rings (SSSR count). The number of piperidine rings is 3. The monoisotopic (exact) mass is 384 g/mol. The number of carbonyl (C=O) groups excluding carboxylic acids is 1. The van der Waals surface area contributed by atoms with Crippen molar-refractivity contribution in [1.82, 2.24) is 19.8 Å². The number of aryl methyl sites for hydroxylation is 1. The number of halogens is 2. The van der Waals surface area contributed by atoms with Gasteiger partial charge >= 0.3 is 0 Å². The second-order valence-corrected chi connectivity index (χ2v) is 8.16. The van der Waals surface area contributed by atoms with Gasteiger partial charge in [0.2, 0.25) is 0 Å². The number of rotatable bonds is 2. The SMILES string of the molecule is Cc1cnc(C(=O)N2C[C@@H](c3cc(F)cc(F)c3)[C@@H]3[C@H]2C2CCN3CC2)cn1. The normalized spacial score (nSPS) is 31.1. The first-order chi connectivity index (χ1) is 13.5. The summed E-state index contributed by atoms with van der Waals surface area (Å²) in [4.78, 5) is 26.0. The van der Waals surface area contributed by atoms with Gasteiger partial charge in [-0.3, -0.25) is 14.7 Å². The highest BCUT2D eigenvalue weighted by Gasteiger charge is 2.55. The van der Waals surface area contributed by atoms with Crippen LogP contribution in [0.4, 0.5) is 8.78 Å². The third-order valence-electron chi connectivity index (χ3n) is 6.57. The Morgan fingerprint density at radius 3 is 2.39 bits per heavy atom. The average Bonchev–Trinajstić information content (AvgIpc) is 3.11. The molecule has 146 valence electrons. The van der Waals surface area contributed by atoms with Crippen LogP contribution in [0.5, 0.6) is 0 Å². The molecule has 1 aromatic carbocycles. The van der Waals surface area contributed by atoms with Gasteiger partial charge < -0.3 is 4.90 Å². The molecule has 4 aliphatic rings. The predicted molar refractivity (Wildman–Crippen MR) is 98.8 cm³/mol. The molecule has 2 aromatic rings. The Kier molecular flexibility index (Phi) is 4.16. The second-order valence-electron chi connectivity index (χ2n) is 8.16. The molecule has 1 amide bonds. The van der Waals surface area contributed by atoms with Gasteiger partial charge in [-0.25, -0.2) is 13.8 Å². The van der Waals surface area contributed by atoms with Crippen molar-refractivity contribution in [2.45, 2.75) is 37.8 Å². The van der Waals surface area contributed by atoms with E-state index in [0.717, 1.165) is 37.7 Å². The topological polar surface area (TPSA) is 49.3 Å². The molecule has 0 aliphatic carbocycles. The van der Waals surface area contributed by atoms with Gasteiger partial charge in [0.1, 0.15) is 17.3 Å². The summed E-state index contributed by atoms with van der Waals surface area (Å²) >= 11 is 0. The Morgan fingerprint density at radius 2 is 1.75 bits per heavy atom. The van der Waals surface area contributed by atoms with Crippen molar-refractivity contribution < 1.29 is 13.6 Å². The zero-order valence-electron chi connectivity index (χ0n) is 15.7. The van der Waals surface area contributed by atoms with E-state index in [1.165, 1.54) is 18.3 Å². The summed E-state index contributed by atoms with van der Waals surface area (Å²) in [5.74, 6) is -0.981. The fourth-order valence-electron chi connectivity index (χ4n) is 5.39. The number of benzene rings is 1. The van der Waals surface area contributed by atoms with E-state index in [9.17, 15) is 13.6 Å². The lowest BCUT2D eigenvalue weighted by Crippen LogP contribution is -2.60. The quantitative estimate of drug-likeness (QED) is 0.799. The van der Waals surface area contributed by atoms with E-state index in [2.05, 4.69) is 14.9 Å².